The number of halogens is 1. The summed E-state index contributed by atoms with van der Waals surface area (Å²) in [5.41, 5.74) is 1.70. The summed E-state index contributed by atoms with van der Waals surface area (Å²) in [5.74, 6) is -1.97. The van der Waals surface area contributed by atoms with Crippen LogP contribution >= 0.6 is 0 Å². The number of methoxy groups -OCH3 is 1. The molecule has 8 heteroatoms. The number of amides is 2. The van der Waals surface area contributed by atoms with Crippen LogP contribution in [0.4, 0.5) is 15.8 Å². The van der Waals surface area contributed by atoms with Crippen LogP contribution in [0.15, 0.2) is 66.7 Å². The number of para-hydroxylation sites is 2. The van der Waals surface area contributed by atoms with Gasteiger partial charge in [-0.1, -0.05) is 30.3 Å². The van der Waals surface area contributed by atoms with E-state index in [1.807, 2.05) is 0 Å². The fourth-order valence-corrected chi connectivity index (χ4v) is 2.86. The first-order valence-corrected chi connectivity index (χ1v) is 9.65. The molecule has 2 amide bonds. The molecule has 0 aliphatic rings. The van der Waals surface area contributed by atoms with Crippen LogP contribution in [0.25, 0.3) is 0 Å². The van der Waals surface area contributed by atoms with Crippen LogP contribution in [0.3, 0.4) is 0 Å². The SMILES string of the molecule is COC(=O)c1ccc(C)c(NC(=O)c2ccccc2OCC(=O)Nc2ccccc2F)c1. The molecule has 0 saturated carbocycles. The molecule has 32 heavy (non-hydrogen) atoms. The Kier molecular flexibility index (Phi) is 7.17. The van der Waals surface area contributed by atoms with Gasteiger partial charge in [-0.15, -0.1) is 0 Å². The first kappa shape index (κ1) is 22.5. The second-order valence-corrected chi connectivity index (χ2v) is 6.79. The minimum absolute atomic E-state index is 0.0353. The highest BCUT2D eigenvalue weighted by molar-refractivity contribution is 6.07. The van der Waals surface area contributed by atoms with Gasteiger partial charge in [0.25, 0.3) is 11.8 Å². The summed E-state index contributed by atoms with van der Waals surface area (Å²) in [6.07, 6.45) is 0. The highest BCUT2D eigenvalue weighted by Gasteiger charge is 2.16. The minimum Gasteiger partial charge on any atom is -0.483 e. The maximum Gasteiger partial charge on any atom is 0.337 e. The van der Waals surface area contributed by atoms with E-state index in [1.54, 1.807) is 49.4 Å². The largest absolute Gasteiger partial charge is 0.483 e. The van der Waals surface area contributed by atoms with Crippen LogP contribution in [0.5, 0.6) is 5.75 Å². The van der Waals surface area contributed by atoms with Crippen LogP contribution in [-0.4, -0.2) is 31.5 Å². The molecule has 0 atom stereocenters. The Labute approximate surface area is 184 Å². The molecule has 0 aliphatic heterocycles. The monoisotopic (exact) mass is 436 g/mol. The molecule has 3 aromatic carbocycles. The number of nitrogens with one attached hydrogen (secondary N) is 2. The third-order valence-corrected chi connectivity index (χ3v) is 4.55. The van der Waals surface area contributed by atoms with Gasteiger partial charge in [0, 0.05) is 5.69 Å². The maximum atomic E-state index is 13.7. The van der Waals surface area contributed by atoms with E-state index in [0.717, 1.165) is 5.56 Å². The summed E-state index contributed by atoms with van der Waals surface area (Å²) in [5, 5.41) is 5.16. The number of benzene rings is 3. The Balaban J connectivity index is 1.71. The van der Waals surface area contributed by atoms with Gasteiger partial charge in [-0.2, -0.15) is 0 Å². The highest BCUT2D eigenvalue weighted by Crippen LogP contribution is 2.23. The van der Waals surface area contributed by atoms with Gasteiger partial charge in [0.05, 0.1) is 23.9 Å². The number of aryl methyl sites for hydroxylation is 1. The van der Waals surface area contributed by atoms with Crippen LogP contribution in [0.2, 0.25) is 0 Å². The molecule has 2 N–H and O–H groups in total. The van der Waals surface area contributed by atoms with E-state index in [9.17, 15) is 18.8 Å². The predicted octanol–water partition coefficient (Wildman–Crippen LogP) is 4.19. The van der Waals surface area contributed by atoms with E-state index in [1.165, 1.54) is 31.4 Å². The number of esters is 1. The number of rotatable bonds is 7. The van der Waals surface area contributed by atoms with Crippen LogP contribution in [0.1, 0.15) is 26.3 Å². The van der Waals surface area contributed by atoms with Gasteiger partial charge in [-0.05, 0) is 48.9 Å². The van der Waals surface area contributed by atoms with E-state index in [4.69, 9.17) is 9.47 Å². The van der Waals surface area contributed by atoms with Crippen molar-refractivity contribution in [3.05, 3.63) is 89.2 Å². The van der Waals surface area contributed by atoms with Gasteiger partial charge < -0.3 is 20.1 Å². The maximum absolute atomic E-state index is 13.7. The second-order valence-electron chi connectivity index (χ2n) is 6.79. The molecule has 3 aromatic rings. The second kappa shape index (κ2) is 10.2. The van der Waals surface area contributed by atoms with Crippen molar-refractivity contribution in [3.63, 3.8) is 0 Å². The Morgan fingerprint density at radius 3 is 2.38 bits per heavy atom. The quantitative estimate of drug-likeness (QED) is 0.542. The zero-order valence-corrected chi connectivity index (χ0v) is 17.5. The summed E-state index contributed by atoms with van der Waals surface area (Å²) < 4.78 is 23.9. The predicted molar refractivity (Wildman–Crippen MR) is 117 cm³/mol. The molecule has 3 rings (SSSR count). The lowest BCUT2D eigenvalue weighted by molar-refractivity contribution is -0.118. The molecule has 0 aromatic heterocycles. The first-order valence-electron chi connectivity index (χ1n) is 9.65. The van der Waals surface area contributed by atoms with E-state index >= 15 is 0 Å². The summed E-state index contributed by atoms with van der Waals surface area (Å²) in [6, 6.07) is 17.0. The number of anilines is 2. The van der Waals surface area contributed by atoms with E-state index < -0.39 is 30.2 Å². The molecule has 0 radical (unpaired) electrons. The fourth-order valence-electron chi connectivity index (χ4n) is 2.86. The van der Waals surface area contributed by atoms with Gasteiger partial charge >= 0.3 is 5.97 Å². The Morgan fingerprint density at radius 1 is 0.906 bits per heavy atom. The summed E-state index contributed by atoms with van der Waals surface area (Å²) in [4.78, 5) is 36.8. The standard InChI is InChI=1S/C24H21FN2O5/c1-15-11-12-16(24(30)31-2)13-20(15)27-23(29)17-7-3-6-10-21(17)32-14-22(28)26-19-9-5-4-8-18(19)25/h3-13H,14H2,1-2H3,(H,26,28)(H,27,29). The molecular weight excluding hydrogens is 415 g/mol. The lowest BCUT2D eigenvalue weighted by atomic mass is 10.1. The van der Waals surface area contributed by atoms with Gasteiger partial charge in [0.2, 0.25) is 0 Å². The lowest BCUT2D eigenvalue weighted by Gasteiger charge is -2.13. The Morgan fingerprint density at radius 2 is 1.62 bits per heavy atom. The molecule has 0 saturated heterocycles. The molecule has 0 spiro atoms. The third-order valence-electron chi connectivity index (χ3n) is 4.55. The molecule has 7 nitrogen and oxygen atoms in total. The molecule has 0 heterocycles. The number of hydrogen-bond donors (Lipinski definition) is 2. The summed E-state index contributed by atoms with van der Waals surface area (Å²) in [7, 11) is 1.27. The Bertz CT molecular complexity index is 1160. The van der Waals surface area contributed by atoms with Crippen molar-refractivity contribution >= 4 is 29.2 Å². The zero-order valence-electron chi connectivity index (χ0n) is 17.5. The average Bonchev–Trinajstić information content (AvgIpc) is 2.80. The topological polar surface area (TPSA) is 93.7 Å². The molecule has 0 bridgehead atoms. The summed E-state index contributed by atoms with van der Waals surface area (Å²) >= 11 is 0. The first-order chi connectivity index (χ1) is 15.4. The molecule has 0 aliphatic carbocycles. The van der Waals surface area contributed by atoms with Gasteiger partial charge in [0.15, 0.2) is 6.61 Å². The van der Waals surface area contributed by atoms with Gasteiger partial charge in [-0.25, -0.2) is 9.18 Å². The van der Waals surface area contributed by atoms with Gasteiger partial charge in [-0.3, -0.25) is 9.59 Å². The number of ether oxygens (including phenoxy) is 2. The van der Waals surface area contributed by atoms with Crippen molar-refractivity contribution in [2.24, 2.45) is 0 Å². The third kappa shape index (κ3) is 5.48. The smallest absolute Gasteiger partial charge is 0.337 e. The van der Waals surface area contributed by atoms with E-state index in [2.05, 4.69) is 10.6 Å². The molecule has 0 fully saturated rings. The van der Waals surface area contributed by atoms with Crippen molar-refractivity contribution in [3.8, 4) is 5.75 Å². The highest BCUT2D eigenvalue weighted by atomic mass is 19.1. The normalized spacial score (nSPS) is 10.2. The average molecular weight is 436 g/mol. The molecular formula is C24H21FN2O5. The number of hydrogen-bond acceptors (Lipinski definition) is 5. The van der Waals surface area contributed by atoms with Crippen molar-refractivity contribution in [1.82, 2.24) is 0 Å². The lowest BCUT2D eigenvalue weighted by Crippen LogP contribution is -2.22. The van der Waals surface area contributed by atoms with Crippen molar-refractivity contribution in [1.29, 1.82) is 0 Å². The number of carbonyl (C=O) groups is 3. The van der Waals surface area contributed by atoms with E-state index in [-0.39, 0.29) is 17.0 Å². The van der Waals surface area contributed by atoms with Crippen molar-refractivity contribution in [2.45, 2.75) is 6.92 Å². The van der Waals surface area contributed by atoms with Crippen molar-refractivity contribution < 1.29 is 28.2 Å². The van der Waals surface area contributed by atoms with Crippen LogP contribution in [-0.2, 0) is 9.53 Å². The summed E-state index contributed by atoms with van der Waals surface area (Å²) in [6.45, 7) is 1.36. The molecule has 164 valence electrons. The van der Waals surface area contributed by atoms with Crippen molar-refractivity contribution in [2.75, 3.05) is 24.4 Å². The van der Waals surface area contributed by atoms with Gasteiger partial charge in [0.1, 0.15) is 11.6 Å². The zero-order chi connectivity index (χ0) is 23.1. The fraction of sp³-hybridized carbons (Fsp3) is 0.125. The molecule has 0 unspecified atom stereocenters. The minimum atomic E-state index is -0.577. The van der Waals surface area contributed by atoms with Crippen LogP contribution in [0, 0.1) is 12.7 Å². The van der Waals surface area contributed by atoms with E-state index in [0.29, 0.717) is 11.3 Å². The number of carbonyl (C=O) groups excluding carboxylic acids is 3. The van der Waals surface area contributed by atoms with Crippen LogP contribution < -0.4 is 15.4 Å². The Hall–Kier alpha value is -4.20.